The van der Waals surface area contributed by atoms with E-state index in [0.29, 0.717) is 0 Å². The van der Waals surface area contributed by atoms with E-state index in [1.807, 2.05) is 0 Å². The van der Waals surface area contributed by atoms with Crippen molar-refractivity contribution in [3.63, 3.8) is 0 Å². The number of benzene rings is 1. The van der Waals surface area contributed by atoms with Gasteiger partial charge in [0, 0.05) is 12.3 Å². The zero-order valence-corrected chi connectivity index (χ0v) is 13.3. The monoisotopic (exact) mass is 391 g/mol. The van der Waals surface area contributed by atoms with Crippen molar-refractivity contribution in [3.8, 4) is 0 Å². The van der Waals surface area contributed by atoms with Crippen LogP contribution in [-0.2, 0) is 10.0 Å². The number of nitro groups is 1. The molecule has 0 amide bonds. The Bertz CT molecular complexity index is 813. The Balaban J connectivity index is 2.33. The first-order valence-corrected chi connectivity index (χ1v) is 8.03. The van der Waals surface area contributed by atoms with Crippen molar-refractivity contribution in [1.82, 2.24) is 4.98 Å². The van der Waals surface area contributed by atoms with Crippen molar-refractivity contribution >= 4 is 48.9 Å². The highest BCUT2D eigenvalue weighted by molar-refractivity contribution is 9.10. The van der Waals surface area contributed by atoms with Gasteiger partial charge >= 0.3 is 0 Å². The molecule has 0 spiro atoms. The molecule has 0 aliphatic heterocycles. The number of anilines is 1. The summed E-state index contributed by atoms with van der Waals surface area (Å²) in [5.74, 6) is 0. The Kier molecular flexibility index (Phi) is 4.45. The van der Waals surface area contributed by atoms with Crippen molar-refractivity contribution in [3.05, 3.63) is 56.3 Å². The average Bonchev–Trinajstić information content (AvgIpc) is 2.37. The van der Waals surface area contributed by atoms with Gasteiger partial charge in [0.25, 0.3) is 15.7 Å². The van der Waals surface area contributed by atoms with Crippen LogP contribution in [0.3, 0.4) is 0 Å². The Labute approximate surface area is 133 Å². The van der Waals surface area contributed by atoms with Crippen molar-refractivity contribution < 1.29 is 13.3 Å². The van der Waals surface area contributed by atoms with E-state index in [0.717, 1.165) is 0 Å². The maximum absolute atomic E-state index is 12.1. The molecular formula is C11H7BrClN3O4S. The van der Waals surface area contributed by atoms with Crippen LogP contribution in [0.4, 0.5) is 11.4 Å². The van der Waals surface area contributed by atoms with Gasteiger partial charge in [-0.25, -0.2) is 13.4 Å². The van der Waals surface area contributed by atoms with Crippen LogP contribution in [0.25, 0.3) is 0 Å². The molecule has 0 atom stereocenters. The molecule has 0 saturated carbocycles. The number of nitrogens with zero attached hydrogens (tertiary/aromatic N) is 2. The summed E-state index contributed by atoms with van der Waals surface area (Å²) >= 11 is 8.66. The molecule has 7 nitrogen and oxygen atoms in total. The Hall–Kier alpha value is -1.71. The van der Waals surface area contributed by atoms with E-state index in [2.05, 4.69) is 25.6 Å². The number of pyridine rings is 1. The standard InChI is InChI=1S/C11H7BrClN3O4S/c12-9-5-7(1-2-10(9)16(17)18)15-21(19,20)8-3-4-14-11(13)6-8/h1-6,15H. The third kappa shape index (κ3) is 3.69. The van der Waals surface area contributed by atoms with Crippen LogP contribution in [0.1, 0.15) is 0 Å². The topological polar surface area (TPSA) is 102 Å². The van der Waals surface area contributed by atoms with Gasteiger partial charge in [0.2, 0.25) is 0 Å². The molecule has 110 valence electrons. The number of nitro benzene ring substituents is 1. The molecule has 0 unspecified atom stereocenters. The molecule has 1 N–H and O–H groups in total. The van der Waals surface area contributed by atoms with Gasteiger partial charge in [-0.1, -0.05) is 11.6 Å². The molecule has 0 fully saturated rings. The second-order valence-corrected chi connectivity index (χ2v) is 6.77. The number of hydrogen-bond donors (Lipinski definition) is 1. The van der Waals surface area contributed by atoms with Gasteiger partial charge in [-0.2, -0.15) is 0 Å². The summed E-state index contributed by atoms with van der Waals surface area (Å²) in [6, 6.07) is 6.28. The summed E-state index contributed by atoms with van der Waals surface area (Å²) in [5, 5.41) is 10.7. The Morgan fingerprint density at radius 2 is 2.00 bits per heavy atom. The summed E-state index contributed by atoms with van der Waals surface area (Å²) in [6.45, 7) is 0. The van der Waals surface area contributed by atoms with E-state index < -0.39 is 14.9 Å². The van der Waals surface area contributed by atoms with Gasteiger partial charge in [0.1, 0.15) is 5.15 Å². The molecule has 21 heavy (non-hydrogen) atoms. The van der Waals surface area contributed by atoms with Crippen molar-refractivity contribution in [2.24, 2.45) is 0 Å². The van der Waals surface area contributed by atoms with Crippen LogP contribution < -0.4 is 4.72 Å². The summed E-state index contributed by atoms with van der Waals surface area (Å²) in [7, 11) is -3.85. The predicted octanol–water partition coefficient (Wildman–Crippen LogP) is 3.21. The second-order valence-electron chi connectivity index (χ2n) is 3.84. The lowest BCUT2D eigenvalue weighted by Gasteiger charge is -2.08. The van der Waals surface area contributed by atoms with Crippen LogP contribution in [-0.4, -0.2) is 18.3 Å². The Morgan fingerprint density at radius 1 is 1.29 bits per heavy atom. The maximum atomic E-state index is 12.1. The molecule has 0 aliphatic carbocycles. The number of nitrogens with one attached hydrogen (secondary N) is 1. The van der Waals surface area contributed by atoms with Crippen LogP contribution in [0.15, 0.2) is 45.9 Å². The lowest BCUT2D eigenvalue weighted by atomic mass is 10.3. The van der Waals surface area contributed by atoms with Crippen molar-refractivity contribution in [2.75, 3.05) is 4.72 Å². The minimum Gasteiger partial charge on any atom is -0.280 e. The molecule has 0 radical (unpaired) electrons. The van der Waals surface area contributed by atoms with Crippen LogP contribution in [0, 0.1) is 10.1 Å². The maximum Gasteiger partial charge on any atom is 0.283 e. The largest absolute Gasteiger partial charge is 0.283 e. The average molecular weight is 393 g/mol. The second kappa shape index (κ2) is 5.96. The Morgan fingerprint density at radius 3 is 2.57 bits per heavy atom. The van der Waals surface area contributed by atoms with Gasteiger partial charge in [0.15, 0.2) is 0 Å². The molecule has 2 rings (SSSR count). The van der Waals surface area contributed by atoms with E-state index >= 15 is 0 Å². The van der Waals surface area contributed by atoms with E-state index in [9.17, 15) is 18.5 Å². The fourth-order valence-electron chi connectivity index (χ4n) is 1.48. The van der Waals surface area contributed by atoms with Crippen LogP contribution in [0.5, 0.6) is 0 Å². The van der Waals surface area contributed by atoms with Crippen molar-refractivity contribution in [2.45, 2.75) is 4.90 Å². The molecule has 0 aliphatic rings. The first-order valence-electron chi connectivity index (χ1n) is 5.38. The highest BCUT2D eigenvalue weighted by Crippen LogP contribution is 2.28. The number of aromatic nitrogens is 1. The fourth-order valence-corrected chi connectivity index (χ4v) is 3.31. The van der Waals surface area contributed by atoms with Gasteiger partial charge in [-0.3, -0.25) is 14.8 Å². The molecule has 1 heterocycles. The number of hydrogen-bond acceptors (Lipinski definition) is 5. The molecular weight excluding hydrogens is 386 g/mol. The normalized spacial score (nSPS) is 11.1. The summed E-state index contributed by atoms with van der Waals surface area (Å²) in [6.07, 6.45) is 1.27. The van der Waals surface area contributed by atoms with Gasteiger partial charge < -0.3 is 0 Å². The molecule has 2 aromatic rings. The lowest BCUT2D eigenvalue weighted by molar-refractivity contribution is -0.385. The fraction of sp³-hybridized carbons (Fsp3) is 0. The van der Waals surface area contributed by atoms with Crippen molar-refractivity contribution in [1.29, 1.82) is 0 Å². The van der Waals surface area contributed by atoms with Crippen LogP contribution in [0.2, 0.25) is 5.15 Å². The molecule has 0 bridgehead atoms. The molecule has 1 aromatic heterocycles. The first kappa shape index (κ1) is 15.7. The number of rotatable bonds is 4. The zero-order chi connectivity index (χ0) is 15.6. The third-order valence-corrected chi connectivity index (χ3v) is 4.63. The number of sulfonamides is 1. The minimum atomic E-state index is -3.85. The number of halogens is 2. The van der Waals surface area contributed by atoms with E-state index in [1.54, 1.807) is 0 Å². The highest BCUT2D eigenvalue weighted by Gasteiger charge is 2.17. The van der Waals surface area contributed by atoms with E-state index in [1.165, 1.54) is 36.5 Å². The highest BCUT2D eigenvalue weighted by atomic mass is 79.9. The first-order chi connectivity index (χ1) is 9.79. The van der Waals surface area contributed by atoms with Gasteiger partial charge in [-0.05, 0) is 40.2 Å². The lowest BCUT2D eigenvalue weighted by Crippen LogP contribution is -2.13. The summed E-state index contributed by atoms with van der Waals surface area (Å²) < 4.78 is 26.7. The quantitative estimate of drug-likeness (QED) is 0.489. The predicted molar refractivity (Wildman–Crippen MR) is 80.9 cm³/mol. The van der Waals surface area contributed by atoms with E-state index in [4.69, 9.17) is 11.6 Å². The molecule has 10 heteroatoms. The SMILES string of the molecule is O=[N+]([O-])c1ccc(NS(=O)(=O)c2ccnc(Cl)c2)cc1Br. The molecule has 1 aromatic carbocycles. The zero-order valence-electron chi connectivity index (χ0n) is 10.2. The van der Waals surface area contributed by atoms with Crippen LogP contribution >= 0.6 is 27.5 Å². The van der Waals surface area contributed by atoms with E-state index in [-0.39, 0.29) is 25.9 Å². The summed E-state index contributed by atoms with van der Waals surface area (Å²) in [5.41, 5.74) is 0.0188. The van der Waals surface area contributed by atoms with Gasteiger partial charge in [-0.15, -0.1) is 0 Å². The molecule has 0 saturated heterocycles. The third-order valence-electron chi connectivity index (χ3n) is 2.40. The minimum absolute atomic E-state index is 0.0442. The summed E-state index contributed by atoms with van der Waals surface area (Å²) in [4.78, 5) is 13.8. The van der Waals surface area contributed by atoms with Gasteiger partial charge in [0.05, 0.1) is 20.0 Å². The smallest absolute Gasteiger partial charge is 0.280 e.